The molecule has 1 saturated heterocycles. The maximum atomic E-state index is 12.8. The SMILES string of the molecule is O=C(C[C@@H]1CC2(CCN(C(=O)c3ccccn3)CC2)c2ccccc21)NCC1CC1. The Morgan fingerprint density at radius 2 is 1.83 bits per heavy atom. The molecule has 2 aromatic rings. The number of pyridine rings is 1. The highest BCUT2D eigenvalue weighted by atomic mass is 16.2. The van der Waals surface area contributed by atoms with E-state index in [9.17, 15) is 9.59 Å². The number of nitrogens with one attached hydrogen (secondary N) is 1. The highest BCUT2D eigenvalue weighted by Gasteiger charge is 2.46. The Labute approximate surface area is 177 Å². The van der Waals surface area contributed by atoms with E-state index < -0.39 is 0 Å². The minimum absolute atomic E-state index is 0.0211. The minimum atomic E-state index is 0.0211. The van der Waals surface area contributed by atoms with Crippen LogP contribution < -0.4 is 5.32 Å². The molecule has 1 aliphatic heterocycles. The molecule has 1 atom stereocenters. The Morgan fingerprint density at radius 3 is 2.57 bits per heavy atom. The molecule has 5 nitrogen and oxygen atoms in total. The standard InChI is InChI=1S/C25H29N3O2/c29-23(27-17-18-8-9-18)15-19-16-25(21-6-2-1-5-20(19)21)10-13-28(14-11-25)24(30)22-7-3-4-12-26-22/h1-7,12,18-19H,8-11,13-17H2,(H,27,29)/t19-/m1/s1. The normalized spacial score (nSPS) is 22.0. The molecule has 0 radical (unpaired) electrons. The molecule has 3 aliphatic rings. The summed E-state index contributed by atoms with van der Waals surface area (Å²) in [7, 11) is 0. The van der Waals surface area contributed by atoms with Gasteiger partial charge in [-0.1, -0.05) is 30.3 Å². The van der Waals surface area contributed by atoms with E-state index in [-0.39, 0.29) is 23.1 Å². The third-order valence-corrected chi connectivity index (χ3v) is 7.22. The number of likely N-dealkylation sites (tertiary alicyclic amines) is 1. The highest BCUT2D eigenvalue weighted by Crippen LogP contribution is 2.52. The first-order valence-electron chi connectivity index (χ1n) is 11.2. The lowest BCUT2D eigenvalue weighted by Gasteiger charge is -2.40. The first-order valence-corrected chi connectivity index (χ1v) is 11.2. The van der Waals surface area contributed by atoms with Gasteiger partial charge in [0.2, 0.25) is 5.91 Å². The van der Waals surface area contributed by atoms with Crippen molar-refractivity contribution in [3.8, 4) is 0 Å². The number of carbonyl (C=O) groups is 2. The summed E-state index contributed by atoms with van der Waals surface area (Å²) in [5, 5.41) is 3.14. The Hall–Kier alpha value is -2.69. The summed E-state index contributed by atoms with van der Waals surface area (Å²) in [5.41, 5.74) is 3.34. The molecule has 0 bridgehead atoms. The largest absolute Gasteiger partial charge is 0.356 e. The van der Waals surface area contributed by atoms with Gasteiger partial charge in [0.15, 0.2) is 0 Å². The van der Waals surface area contributed by atoms with Crippen molar-refractivity contribution < 1.29 is 9.59 Å². The van der Waals surface area contributed by atoms with Crippen LogP contribution in [0.5, 0.6) is 0 Å². The van der Waals surface area contributed by atoms with E-state index in [2.05, 4.69) is 34.6 Å². The fourth-order valence-corrected chi connectivity index (χ4v) is 5.35. The van der Waals surface area contributed by atoms with Gasteiger partial charge in [-0.15, -0.1) is 0 Å². The topological polar surface area (TPSA) is 62.3 Å². The molecule has 2 fully saturated rings. The van der Waals surface area contributed by atoms with Crippen LogP contribution in [0.2, 0.25) is 0 Å². The van der Waals surface area contributed by atoms with Crippen LogP contribution in [0.3, 0.4) is 0 Å². The summed E-state index contributed by atoms with van der Waals surface area (Å²) in [6.45, 7) is 2.32. The van der Waals surface area contributed by atoms with Crippen molar-refractivity contribution in [3.63, 3.8) is 0 Å². The zero-order valence-electron chi connectivity index (χ0n) is 17.3. The Bertz CT molecular complexity index is 930. The molecule has 1 aromatic heterocycles. The number of nitrogens with zero attached hydrogens (tertiary/aromatic N) is 2. The van der Waals surface area contributed by atoms with Gasteiger partial charge in [-0.3, -0.25) is 14.6 Å². The lowest BCUT2D eigenvalue weighted by atomic mass is 9.73. The van der Waals surface area contributed by atoms with Gasteiger partial charge in [-0.2, -0.15) is 0 Å². The fourth-order valence-electron chi connectivity index (χ4n) is 5.35. The predicted octanol–water partition coefficient (Wildman–Crippen LogP) is 3.66. The van der Waals surface area contributed by atoms with Crippen LogP contribution in [-0.4, -0.2) is 41.3 Å². The highest BCUT2D eigenvalue weighted by molar-refractivity contribution is 5.92. The van der Waals surface area contributed by atoms with Gasteiger partial charge in [0.1, 0.15) is 5.69 Å². The lowest BCUT2D eigenvalue weighted by Crippen LogP contribution is -2.44. The van der Waals surface area contributed by atoms with Crippen LogP contribution in [0.15, 0.2) is 48.7 Å². The zero-order chi connectivity index (χ0) is 20.6. The van der Waals surface area contributed by atoms with E-state index in [0.717, 1.165) is 38.9 Å². The third-order valence-electron chi connectivity index (χ3n) is 7.22. The Morgan fingerprint density at radius 1 is 1.07 bits per heavy atom. The average molecular weight is 404 g/mol. The van der Waals surface area contributed by atoms with Gasteiger partial charge in [0.05, 0.1) is 0 Å². The van der Waals surface area contributed by atoms with Crippen molar-refractivity contribution in [1.82, 2.24) is 15.2 Å². The quantitative estimate of drug-likeness (QED) is 0.829. The minimum Gasteiger partial charge on any atom is -0.356 e. The summed E-state index contributed by atoms with van der Waals surface area (Å²) < 4.78 is 0. The number of hydrogen-bond donors (Lipinski definition) is 1. The smallest absolute Gasteiger partial charge is 0.272 e. The average Bonchev–Trinajstić information content (AvgIpc) is 3.58. The van der Waals surface area contributed by atoms with Crippen LogP contribution in [0.25, 0.3) is 0 Å². The molecule has 2 heterocycles. The van der Waals surface area contributed by atoms with Crippen LogP contribution in [-0.2, 0) is 10.2 Å². The monoisotopic (exact) mass is 403 g/mol. The van der Waals surface area contributed by atoms with Crippen molar-refractivity contribution in [2.45, 2.75) is 49.9 Å². The molecule has 0 unspecified atom stereocenters. The number of fused-ring (bicyclic) bond motifs is 2. The van der Waals surface area contributed by atoms with E-state index in [1.807, 2.05) is 17.0 Å². The molecular formula is C25H29N3O2. The van der Waals surface area contributed by atoms with Crippen LogP contribution in [0.1, 0.15) is 66.1 Å². The van der Waals surface area contributed by atoms with Gasteiger partial charge in [-0.05, 0) is 72.6 Å². The number of amides is 2. The number of aromatic nitrogens is 1. The molecule has 1 N–H and O–H groups in total. The van der Waals surface area contributed by atoms with E-state index in [1.54, 1.807) is 12.3 Å². The summed E-state index contributed by atoms with van der Waals surface area (Å²) in [6, 6.07) is 14.1. The van der Waals surface area contributed by atoms with E-state index >= 15 is 0 Å². The maximum absolute atomic E-state index is 12.8. The summed E-state index contributed by atoms with van der Waals surface area (Å²) in [5.74, 6) is 1.19. The van der Waals surface area contributed by atoms with Crippen molar-refractivity contribution in [1.29, 1.82) is 0 Å². The summed E-state index contributed by atoms with van der Waals surface area (Å²) >= 11 is 0. The molecule has 2 amide bonds. The van der Waals surface area contributed by atoms with Crippen molar-refractivity contribution in [3.05, 3.63) is 65.5 Å². The lowest BCUT2D eigenvalue weighted by molar-refractivity contribution is -0.121. The molecule has 1 spiro atoms. The van der Waals surface area contributed by atoms with Crippen LogP contribution in [0.4, 0.5) is 0 Å². The van der Waals surface area contributed by atoms with Gasteiger partial charge >= 0.3 is 0 Å². The molecule has 156 valence electrons. The molecule has 2 aliphatic carbocycles. The van der Waals surface area contributed by atoms with Gasteiger partial charge in [-0.25, -0.2) is 0 Å². The fraction of sp³-hybridized carbons (Fsp3) is 0.480. The van der Waals surface area contributed by atoms with E-state index in [1.165, 1.54) is 24.0 Å². The van der Waals surface area contributed by atoms with Crippen molar-refractivity contribution in [2.24, 2.45) is 5.92 Å². The number of benzene rings is 1. The Kier molecular flexibility index (Phi) is 5.05. The zero-order valence-corrected chi connectivity index (χ0v) is 17.3. The van der Waals surface area contributed by atoms with Crippen LogP contribution >= 0.6 is 0 Å². The van der Waals surface area contributed by atoms with E-state index in [4.69, 9.17) is 0 Å². The van der Waals surface area contributed by atoms with Gasteiger partial charge in [0.25, 0.3) is 5.91 Å². The number of rotatable bonds is 5. The third kappa shape index (κ3) is 3.73. The first-order chi connectivity index (χ1) is 14.6. The van der Waals surface area contributed by atoms with E-state index in [0.29, 0.717) is 18.0 Å². The predicted molar refractivity (Wildman–Crippen MR) is 115 cm³/mol. The molecule has 5 rings (SSSR count). The van der Waals surface area contributed by atoms with Gasteiger partial charge in [0, 0.05) is 32.3 Å². The second-order valence-corrected chi connectivity index (χ2v) is 9.23. The Balaban J connectivity index is 1.28. The molecule has 1 aromatic carbocycles. The number of hydrogen-bond acceptors (Lipinski definition) is 3. The van der Waals surface area contributed by atoms with Crippen LogP contribution in [0, 0.1) is 5.92 Å². The van der Waals surface area contributed by atoms with Crippen molar-refractivity contribution in [2.75, 3.05) is 19.6 Å². The second kappa shape index (κ2) is 7.86. The molecule has 5 heteroatoms. The molecular weight excluding hydrogens is 374 g/mol. The maximum Gasteiger partial charge on any atom is 0.272 e. The molecule has 1 saturated carbocycles. The van der Waals surface area contributed by atoms with Gasteiger partial charge < -0.3 is 10.2 Å². The number of carbonyl (C=O) groups excluding carboxylic acids is 2. The van der Waals surface area contributed by atoms with Crippen molar-refractivity contribution >= 4 is 11.8 Å². The second-order valence-electron chi connectivity index (χ2n) is 9.23. The summed E-state index contributed by atoms with van der Waals surface area (Å²) in [6.07, 6.45) is 7.65. The first kappa shape index (κ1) is 19.3. The number of piperidine rings is 1. The summed E-state index contributed by atoms with van der Waals surface area (Å²) in [4.78, 5) is 31.5. The molecule has 30 heavy (non-hydrogen) atoms.